The maximum Gasteiger partial charge on any atom is 0.170 e. The molecule has 0 bridgehead atoms. The van der Waals surface area contributed by atoms with Crippen LogP contribution >= 0.6 is 0 Å². The summed E-state index contributed by atoms with van der Waals surface area (Å²) in [5, 5.41) is 2.13. The van der Waals surface area contributed by atoms with Crippen LogP contribution in [0.25, 0.3) is 10.8 Å². The number of carbonyl (C=O) groups excluding carboxylic acids is 1. The quantitative estimate of drug-likeness (QED) is 0.641. The number of fused-ring (bicyclic) bond motifs is 1. The summed E-state index contributed by atoms with van der Waals surface area (Å²) in [5.41, 5.74) is 1.08. The van der Waals surface area contributed by atoms with E-state index in [1.807, 2.05) is 42.5 Å². The molecule has 0 aromatic heterocycles. The topological polar surface area (TPSA) is 17.1 Å². The minimum atomic E-state index is -0.460. The van der Waals surface area contributed by atoms with E-state index in [4.69, 9.17) is 0 Å². The summed E-state index contributed by atoms with van der Waals surface area (Å²) >= 11 is 0. The van der Waals surface area contributed by atoms with Crippen LogP contribution < -0.4 is 0 Å². The molecule has 0 aliphatic rings. The number of hydrogen-bond acceptors (Lipinski definition) is 1. The molecule has 3 aromatic carbocycles. The summed E-state index contributed by atoms with van der Waals surface area (Å²) in [6.45, 7) is 0. The predicted octanol–water partition coefficient (Wildman–Crippen LogP) is 4.40. The second-order valence-corrected chi connectivity index (χ2v) is 4.72. The van der Waals surface area contributed by atoms with Crippen LogP contribution in [-0.4, -0.2) is 5.78 Å². The summed E-state index contributed by atoms with van der Waals surface area (Å²) in [7, 11) is 0. The van der Waals surface area contributed by atoms with Crippen molar-refractivity contribution in [2.75, 3.05) is 0 Å². The lowest BCUT2D eigenvalue weighted by atomic mass is 9.97. The van der Waals surface area contributed by atoms with Crippen LogP contribution in [-0.2, 0) is 6.42 Å². The van der Waals surface area contributed by atoms with Crippen LogP contribution in [0.2, 0.25) is 0 Å². The number of rotatable bonds is 3. The highest BCUT2D eigenvalue weighted by Crippen LogP contribution is 2.20. The van der Waals surface area contributed by atoms with E-state index < -0.39 is 5.82 Å². The van der Waals surface area contributed by atoms with Crippen molar-refractivity contribution >= 4 is 16.6 Å². The third-order valence-corrected chi connectivity index (χ3v) is 3.41. The van der Waals surface area contributed by atoms with E-state index in [2.05, 4.69) is 0 Å². The predicted molar refractivity (Wildman–Crippen MR) is 78.4 cm³/mol. The van der Waals surface area contributed by atoms with E-state index in [0.29, 0.717) is 0 Å². The number of ketones is 1. The molecule has 0 radical (unpaired) electrons. The maximum absolute atomic E-state index is 13.6. The molecule has 0 heterocycles. The SMILES string of the molecule is O=C(Cc1cccc2ccccc12)c1ccccc1F. The molecule has 0 spiro atoms. The Morgan fingerprint density at radius 1 is 0.850 bits per heavy atom. The lowest BCUT2D eigenvalue weighted by Crippen LogP contribution is -2.06. The van der Waals surface area contributed by atoms with Gasteiger partial charge in [0, 0.05) is 6.42 Å². The average Bonchev–Trinajstić information content (AvgIpc) is 2.48. The van der Waals surface area contributed by atoms with E-state index in [1.165, 1.54) is 12.1 Å². The lowest BCUT2D eigenvalue weighted by molar-refractivity contribution is 0.0989. The van der Waals surface area contributed by atoms with Gasteiger partial charge in [-0.2, -0.15) is 0 Å². The molecule has 0 saturated heterocycles. The van der Waals surface area contributed by atoms with Gasteiger partial charge >= 0.3 is 0 Å². The van der Waals surface area contributed by atoms with Gasteiger partial charge in [-0.1, -0.05) is 54.6 Å². The van der Waals surface area contributed by atoms with E-state index in [9.17, 15) is 9.18 Å². The lowest BCUT2D eigenvalue weighted by Gasteiger charge is -2.06. The van der Waals surface area contributed by atoms with Gasteiger partial charge in [-0.3, -0.25) is 4.79 Å². The number of benzene rings is 3. The summed E-state index contributed by atoms with van der Waals surface area (Å²) < 4.78 is 13.6. The van der Waals surface area contributed by atoms with Gasteiger partial charge in [0.1, 0.15) is 5.82 Å². The van der Waals surface area contributed by atoms with Gasteiger partial charge in [0.25, 0.3) is 0 Å². The fourth-order valence-corrected chi connectivity index (χ4v) is 2.40. The summed E-state index contributed by atoms with van der Waals surface area (Å²) in [6, 6.07) is 19.9. The number of carbonyl (C=O) groups is 1. The van der Waals surface area contributed by atoms with E-state index in [0.717, 1.165) is 16.3 Å². The third kappa shape index (κ3) is 2.32. The highest BCUT2D eigenvalue weighted by atomic mass is 19.1. The minimum absolute atomic E-state index is 0.153. The van der Waals surface area contributed by atoms with Crippen LogP contribution in [0.5, 0.6) is 0 Å². The molecule has 2 heteroatoms. The molecule has 98 valence electrons. The van der Waals surface area contributed by atoms with Crippen LogP contribution in [0.1, 0.15) is 15.9 Å². The Morgan fingerprint density at radius 3 is 2.40 bits per heavy atom. The first-order valence-electron chi connectivity index (χ1n) is 6.50. The van der Waals surface area contributed by atoms with Gasteiger partial charge in [-0.25, -0.2) is 4.39 Å². The largest absolute Gasteiger partial charge is 0.294 e. The first-order valence-corrected chi connectivity index (χ1v) is 6.50. The molecule has 20 heavy (non-hydrogen) atoms. The number of hydrogen-bond donors (Lipinski definition) is 0. The Hall–Kier alpha value is -2.48. The molecule has 0 unspecified atom stereocenters. The molecule has 0 aliphatic carbocycles. The first kappa shape index (κ1) is 12.5. The van der Waals surface area contributed by atoms with Crippen LogP contribution in [0.3, 0.4) is 0 Å². The van der Waals surface area contributed by atoms with Gasteiger partial charge in [0.05, 0.1) is 5.56 Å². The molecule has 3 aromatic rings. The van der Waals surface area contributed by atoms with Gasteiger partial charge in [0.2, 0.25) is 0 Å². The van der Waals surface area contributed by atoms with Crippen molar-refractivity contribution in [1.82, 2.24) is 0 Å². The van der Waals surface area contributed by atoms with Crippen molar-refractivity contribution in [2.45, 2.75) is 6.42 Å². The van der Waals surface area contributed by atoms with Gasteiger partial charge < -0.3 is 0 Å². The molecule has 0 amide bonds. The van der Waals surface area contributed by atoms with Crippen molar-refractivity contribution in [2.24, 2.45) is 0 Å². The van der Waals surface area contributed by atoms with E-state index >= 15 is 0 Å². The zero-order valence-electron chi connectivity index (χ0n) is 10.8. The summed E-state index contributed by atoms with van der Waals surface area (Å²) in [6.07, 6.45) is 0.211. The maximum atomic E-state index is 13.6. The minimum Gasteiger partial charge on any atom is -0.294 e. The van der Waals surface area contributed by atoms with Crippen molar-refractivity contribution in [3.8, 4) is 0 Å². The highest BCUT2D eigenvalue weighted by molar-refractivity contribution is 6.00. The number of Topliss-reactive ketones (excluding diaryl/α,β-unsaturated/α-hetero) is 1. The molecular formula is C18H13FO. The first-order chi connectivity index (χ1) is 9.75. The Kier molecular flexibility index (Phi) is 3.30. The smallest absolute Gasteiger partial charge is 0.170 e. The van der Waals surface area contributed by atoms with Gasteiger partial charge in [0.15, 0.2) is 5.78 Å². The second-order valence-electron chi connectivity index (χ2n) is 4.72. The molecular weight excluding hydrogens is 251 g/mol. The zero-order valence-corrected chi connectivity index (χ0v) is 10.8. The van der Waals surface area contributed by atoms with Crippen LogP contribution in [0.15, 0.2) is 66.7 Å². The van der Waals surface area contributed by atoms with E-state index in [1.54, 1.807) is 12.1 Å². The van der Waals surface area contributed by atoms with Crippen molar-refractivity contribution in [1.29, 1.82) is 0 Å². The molecule has 0 fully saturated rings. The monoisotopic (exact) mass is 264 g/mol. The van der Waals surface area contributed by atoms with Crippen molar-refractivity contribution in [3.63, 3.8) is 0 Å². The molecule has 0 atom stereocenters. The van der Waals surface area contributed by atoms with Crippen molar-refractivity contribution < 1.29 is 9.18 Å². The zero-order chi connectivity index (χ0) is 13.9. The molecule has 3 rings (SSSR count). The van der Waals surface area contributed by atoms with Crippen LogP contribution in [0.4, 0.5) is 4.39 Å². The van der Waals surface area contributed by atoms with Gasteiger partial charge in [-0.15, -0.1) is 0 Å². The summed E-state index contributed by atoms with van der Waals surface area (Å²) in [4.78, 5) is 12.2. The Bertz CT molecular complexity index is 772. The van der Waals surface area contributed by atoms with Gasteiger partial charge in [-0.05, 0) is 28.5 Å². The molecule has 0 saturated carbocycles. The standard InChI is InChI=1S/C18H13FO/c19-17-11-4-3-10-16(17)18(20)12-14-8-5-7-13-6-1-2-9-15(13)14/h1-11H,12H2. The highest BCUT2D eigenvalue weighted by Gasteiger charge is 2.12. The second kappa shape index (κ2) is 5.25. The molecule has 1 nitrogen and oxygen atoms in total. The Balaban J connectivity index is 1.98. The van der Waals surface area contributed by atoms with Crippen LogP contribution in [0, 0.1) is 5.82 Å². The fourth-order valence-electron chi connectivity index (χ4n) is 2.40. The number of halogens is 1. The van der Waals surface area contributed by atoms with Crippen molar-refractivity contribution in [3.05, 3.63) is 83.7 Å². The third-order valence-electron chi connectivity index (χ3n) is 3.41. The average molecular weight is 264 g/mol. The molecule has 0 aliphatic heterocycles. The molecule has 0 N–H and O–H groups in total. The van der Waals surface area contributed by atoms with E-state index in [-0.39, 0.29) is 17.8 Å². The fraction of sp³-hybridized carbons (Fsp3) is 0.0556. The Morgan fingerprint density at radius 2 is 1.55 bits per heavy atom. The normalized spacial score (nSPS) is 10.7. The summed E-state index contributed by atoms with van der Waals surface area (Å²) in [5.74, 6) is -0.655. The Labute approximate surface area is 116 Å².